The topological polar surface area (TPSA) is 62.7 Å². The summed E-state index contributed by atoms with van der Waals surface area (Å²) in [6.45, 7) is 6.80. The molecule has 1 aromatic heterocycles. The molecule has 5 nitrogen and oxygen atoms in total. The number of aliphatic hydroxyl groups is 1. The minimum Gasteiger partial charge on any atom is -0.489 e. The fraction of sp³-hybridized carbons (Fsp3) is 0.625. The van der Waals surface area contributed by atoms with E-state index in [9.17, 15) is 9.90 Å². The Balaban J connectivity index is 2.03. The molecule has 2 heterocycles. The van der Waals surface area contributed by atoms with Crippen LogP contribution < -0.4 is 4.74 Å². The number of carbonyl (C=O) groups excluding carboxylic acids is 1. The van der Waals surface area contributed by atoms with Crippen LogP contribution in [0.2, 0.25) is 0 Å². The Bertz CT molecular complexity index is 473. The molecule has 0 radical (unpaired) electrons. The quantitative estimate of drug-likeness (QED) is 0.923. The van der Waals surface area contributed by atoms with E-state index in [2.05, 4.69) is 4.98 Å². The third-order valence-electron chi connectivity index (χ3n) is 3.83. The molecule has 1 amide bonds. The van der Waals surface area contributed by atoms with Gasteiger partial charge in [-0.15, -0.1) is 0 Å². The third-order valence-corrected chi connectivity index (χ3v) is 3.83. The summed E-state index contributed by atoms with van der Waals surface area (Å²) in [5, 5.41) is 9.22. The van der Waals surface area contributed by atoms with Crippen LogP contribution in [-0.2, 0) is 0 Å². The van der Waals surface area contributed by atoms with Gasteiger partial charge in [-0.2, -0.15) is 0 Å². The van der Waals surface area contributed by atoms with E-state index < -0.39 is 0 Å². The second-order valence-corrected chi connectivity index (χ2v) is 5.97. The predicted molar refractivity (Wildman–Crippen MR) is 80.3 cm³/mol. The summed E-state index contributed by atoms with van der Waals surface area (Å²) in [6, 6.07) is 3.63. The third kappa shape index (κ3) is 3.94. The summed E-state index contributed by atoms with van der Waals surface area (Å²) in [5.74, 6) is 0.933. The molecule has 116 valence electrons. The molecule has 2 atom stereocenters. The maximum Gasteiger partial charge on any atom is 0.272 e. The molecule has 0 unspecified atom stereocenters. The van der Waals surface area contributed by atoms with Crippen molar-refractivity contribution in [2.24, 2.45) is 5.92 Å². The molecule has 0 bridgehead atoms. The maximum atomic E-state index is 12.5. The molecule has 1 saturated heterocycles. The molecule has 1 N–H and O–H groups in total. The number of amides is 1. The molecule has 5 heteroatoms. The van der Waals surface area contributed by atoms with Crippen LogP contribution in [-0.4, -0.2) is 46.2 Å². The number of aliphatic hydroxyl groups excluding tert-OH is 1. The minimum absolute atomic E-state index is 0.0463. The molecule has 0 aromatic carbocycles. The lowest BCUT2D eigenvalue weighted by Gasteiger charge is -2.36. The van der Waals surface area contributed by atoms with Gasteiger partial charge in [0.05, 0.1) is 12.3 Å². The number of aromatic nitrogens is 1. The monoisotopic (exact) mass is 292 g/mol. The fourth-order valence-corrected chi connectivity index (χ4v) is 2.73. The van der Waals surface area contributed by atoms with E-state index in [4.69, 9.17) is 4.74 Å². The lowest BCUT2D eigenvalue weighted by molar-refractivity contribution is 0.0509. The van der Waals surface area contributed by atoms with Crippen molar-refractivity contribution in [3.05, 3.63) is 24.0 Å². The number of hydrogen-bond acceptors (Lipinski definition) is 4. The Morgan fingerprint density at radius 2 is 2.29 bits per heavy atom. The van der Waals surface area contributed by atoms with Crippen molar-refractivity contribution in [2.45, 2.75) is 45.8 Å². The second kappa shape index (κ2) is 6.89. The number of pyridine rings is 1. The van der Waals surface area contributed by atoms with Crippen molar-refractivity contribution in [2.75, 3.05) is 13.2 Å². The van der Waals surface area contributed by atoms with Crippen LogP contribution in [0.15, 0.2) is 18.3 Å². The lowest BCUT2D eigenvalue weighted by Crippen LogP contribution is -2.45. The van der Waals surface area contributed by atoms with E-state index in [0.717, 1.165) is 12.8 Å². The van der Waals surface area contributed by atoms with E-state index in [1.807, 2.05) is 25.7 Å². The molecule has 1 fully saturated rings. The molecule has 21 heavy (non-hydrogen) atoms. The first-order valence-electron chi connectivity index (χ1n) is 7.55. The van der Waals surface area contributed by atoms with Crippen LogP contribution in [0, 0.1) is 5.92 Å². The van der Waals surface area contributed by atoms with E-state index in [-0.39, 0.29) is 24.7 Å². The highest BCUT2D eigenvalue weighted by Gasteiger charge is 2.29. The van der Waals surface area contributed by atoms with Gasteiger partial charge < -0.3 is 14.7 Å². The van der Waals surface area contributed by atoms with Gasteiger partial charge in [0.25, 0.3) is 5.91 Å². The normalized spacial score (nSPS) is 22.4. The second-order valence-electron chi connectivity index (χ2n) is 5.97. The fourth-order valence-electron chi connectivity index (χ4n) is 2.73. The Morgan fingerprint density at radius 3 is 2.81 bits per heavy atom. The molecule has 0 aliphatic carbocycles. The Kier molecular flexibility index (Phi) is 5.17. The van der Waals surface area contributed by atoms with Gasteiger partial charge in [-0.3, -0.25) is 4.79 Å². The number of nitrogens with zero attached hydrogens (tertiary/aromatic N) is 2. The average molecular weight is 292 g/mol. The summed E-state index contributed by atoms with van der Waals surface area (Å²) in [6.07, 6.45) is 3.38. The zero-order chi connectivity index (χ0) is 15.4. The van der Waals surface area contributed by atoms with Gasteiger partial charge in [-0.05, 0) is 51.7 Å². The van der Waals surface area contributed by atoms with Crippen molar-refractivity contribution in [1.82, 2.24) is 9.88 Å². The zero-order valence-electron chi connectivity index (χ0n) is 13.0. The van der Waals surface area contributed by atoms with Crippen molar-refractivity contribution in [3.63, 3.8) is 0 Å². The molecular weight excluding hydrogens is 268 g/mol. The van der Waals surface area contributed by atoms with Crippen molar-refractivity contribution in [3.8, 4) is 5.75 Å². The molecule has 0 spiro atoms. The lowest BCUT2D eigenvalue weighted by atomic mass is 9.92. The number of ether oxygens (including phenoxy) is 1. The van der Waals surface area contributed by atoms with Gasteiger partial charge in [0.1, 0.15) is 11.4 Å². The van der Waals surface area contributed by atoms with Gasteiger partial charge in [-0.1, -0.05) is 0 Å². The summed E-state index contributed by atoms with van der Waals surface area (Å²) in [5.41, 5.74) is 0.445. The highest BCUT2D eigenvalue weighted by molar-refractivity contribution is 5.92. The van der Waals surface area contributed by atoms with Crippen molar-refractivity contribution >= 4 is 5.91 Å². The van der Waals surface area contributed by atoms with Gasteiger partial charge in [0, 0.05) is 19.2 Å². The Morgan fingerprint density at radius 1 is 1.52 bits per heavy atom. The summed E-state index contributed by atoms with van der Waals surface area (Å²) in [4.78, 5) is 18.6. The van der Waals surface area contributed by atoms with Crippen LogP contribution in [0.4, 0.5) is 0 Å². The summed E-state index contributed by atoms with van der Waals surface area (Å²) >= 11 is 0. The molecule has 2 rings (SSSR count). The number of rotatable bonds is 4. The highest BCUT2D eigenvalue weighted by atomic mass is 16.5. The zero-order valence-corrected chi connectivity index (χ0v) is 13.0. The minimum atomic E-state index is -0.0463. The largest absolute Gasteiger partial charge is 0.489 e. The first kappa shape index (κ1) is 15.8. The SMILES string of the molecule is CC(C)Oc1ccc(C(=O)N2CC[C@H](CO)C[C@@H]2C)nc1. The molecule has 1 aliphatic heterocycles. The first-order chi connectivity index (χ1) is 10.0. The van der Waals surface area contributed by atoms with Gasteiger partial charge in [0.15, 0.2) is 0 Å². The van der Waals surface area contributed by atoms with E-state index in [0.29, 0.717) is 23.9 Å². The van der Waals surface area contributed by atoms with Gasteiger partial charge in [-0.25, -0.2) is 4.98 Å². The first-order valence-corrected chi connectivity index (χ1v) is 7.55. The smallest absolute Gasteiger partial charge is 0.272 e. The Hall–Kier alpha value is -1.62. The average Bonchev–Trinajstić information content (AvgIpc) is 2.46. The van der Waals surface area contributed by atoms with E-state index >= 15 is 0 Å². The van der Waals surface area contributed by atoms with Crippen LogP contribution in [0.25, 0.3) is 0 Å². The van der Waals surface area contributed by atoms with Crippen LogP contribution in [0.5, 0.6) is 5.75 Å². The predicted octanol–water partition coefficient (Wildman–Crippen LogP) is 2.10. The summed E-state index contributed by atoms with van der Waals surface area (Å²) < 4.78 is 5.53. The highest BCUT2D eigenvalue weighted by Crippen LogP contribution is 2.24. The number of carbonyl (C=O) groups is 1. The van der Waals surface area contributed by atoms with Crippen molar-refractivity contribution < 1.29 is 14.6 Å². The number of piperidine rings is 1. The van der Waals surface area contributed by atoms with E-state index in [1.165, 1.54) is 0 Å². The van der Waals surface area contributed by atoms with Crippen LogP contribution in [0.1, 0.15) is 44.1 Å². The standard InChI is InChI=1S/C16H24N2O3/c1-11(2)21-14-4-5-15(17-9-14)16(20)18-7-6-13(10-19)8-12(18)3/h4-5,9,11-13,19H,6-8,10H2,1-3H3/t12-,13-/m0/s1. The van der Waals surface area contributed by atoms with E-state index in [1.54, 1.807) is 18.3 Å². The number of hydrogen-bond donors (Lipinski definition) is 1. The molecule has 1 aromatic rings. The Labute approximate surface area is 125 Å². The van der Waals surface area contributed by atoms with Gasteiger partial charge in [0.2, 0.25) is 0 Å². The summed E-state index contributed by atoms with van der Waals surface area (Å²) in [7, 11) is 0. The van der Waals surface area contributed by atoms with Gasteiger partial charge >= 0.3 is 0 Å². The maximum absolute atomic E-state index is 12.5. The van der Waals surface area contributed by atoms with Crippen LogP contribution in [0.3, 0.4) is 0 Å². The number of likely N-dealkylation sites (tertiary alicyclic amines) is 1. The molecule has 0 saturated carbocycles. The van der Waals surface area contributed by atoms with Crippen LogP contribution >= 0.6 is 0 Å². The molecule has 1 aliphatic rings. The molecular formula is C16H24N2O3. The van der Waals surface area contributed by atoms with Crippen molar-refractivity contribution in [1.29, 1.82) is 0 Å².